The van der Waals surface area contributed by atoms with Gasteiger partial charge in [0.15, 0.2) is 0 Å². The Morgan fingerprint density at radius 2 is 1.75 bits per heavy atom. The molecule has 0 aliphatic rings. The number of nitrogens with zero attached hydrogens (tertiary/aromatic N) is 1. The molecule has 4 heteroatoms. The Morgan fingerprint density at radius 3 is 1.75 bits per heavy atom. The fourth-order valence-electron chi connectivity index (χ4n) is 0. The van der Waals surface area contributed by atoms with E-state index >= 15 is 0 Å². The monoisotopic (exact) mass is 113 g/mol. The van der Waals surface area contributed by atoms with E-state index in [2.05, 4.69) is 11.8 Å². The quantitative estimate of drug-likeness (QED) is 0.442. The molecular formula is HClNPS. The molecule has 0 saturated carbocycles. The van der Waals surface area contributed by atoms with Crippen molar-refractivity contribution in [2.75, 3.05) is 0 Å². The van der Waals surface area contributed by atoms with Crippen LogP contribution in [0.5, 0.6) is 0 Å². The third kappa shape index (κ3) is 17.1. The predicted octanol–water partition coefficient (Wildman–Crippen LogP) is 1.30. The minimum atomic E-state index is 0. The molecule has 0 aliphatic heterocycles. The van der Waals surface area contributed by atoms with E-state index in [1.807, 2.05) is 0 Å². The van der Waals surface area contributed by atoms with Gasteiger partial charge in [0, 0.05) is 0 Å². The van der Waals surface area contributed by atoms with Crippen molar-refractivity contribution in [3.05, 3.63) is 0 Å². The molecule has 24 valence electrons. The van der Waals surface area contributed by atoms with Gasteiger partial charge in [0.05, 0.1) is 0 Å². The van der Waals surface area contributed by atoms with Crippen LogP contribution in [0.25, 0.3) is 0 Å². The summed E-state index contributed by atoms with van der Waals surface area (Å²) in [6, 6.07) is 0. The molecule has 4 heavy (non-hydrogen) atoms. The summed E-state index contributed by atoms with van der Waals surface area (Å²) < 4.78 is 0. The number of halogens is 1. The summed E-state index contributed by atoms with van der Waals surface area (Å²) in [5, 5.41) is 7.36. The van der Waals surface area contributed by atoms with Crippen LogP contribution in [0.1, 0.15) is 0 Å². The molecule has 0 aromatic carbocycles. The molecule has 0 fully saturated rings. The van der Waals surface area contributed by atoms with Gasteiger partial charge in [-0.2, -0.15) is 0 Å². The van der Waals surface area contributed by atoms with Crippen molar-refractivity contribution >= 4 is 31.2 Å². The van der Waals surface area contributed by atoms with Gasteiger partial charge in [-0.05, 0) is 0 Å². The summed E-state index contributed by atoms with van der Waals surface area (Å²) in [6.07, 6.45) is 0. The second-order valence-electron chi connectivity index (χ2n) is 0.0816. The minimum absolute atomic E-state index is 0. The number of rotatable bonds is 0. The Balaban J connectivity index is 0. The van der Waals surface area contributed by atoms with Crippen molar-refractivity contribution in [3.63, 3.8) is 0 Å². The first-order chi connectivity index (χ1) is 1.41. The van der Waals surface area contributed by atoms with Crippen LogP contribution in [0.3, 0.4) is 0 Å². The van der Waals surface area contributed by atoms with Gasteiger partial charge in [0.1, 0.15) is 0 Å². The zero-order valence-corrected chi connectivity index (χ0v) is 4.24. The zero-order chi connectivity index (χ0) is 2.71. The summed E-state index contributed by atoms with van der Waals surface area (Å²) in [5.41, 5.74) is 0. The Morgan fingerprint density at radius 1 is 1.75 bits per heavy atom. The van der Waals surface area contributed by atoms with Gasteiger partial charge < -0.3 is 0 Å². The molecule has 0 aliphatic carbocycles. The van der Waals surface area contributed by atoms with Crippen LogP contribution in [0.2, 0.25) is 0 Å². The third-order valence-electron chi connectivity index (χ3n) is 0. The summed E-state index contributed by atoms with van der Waals surface area (Å²) in [7, 11) is 0. The van der Waals surface area contributed by atoms with E-state index < -0.39 is 0 Å². The van der Waals surface area contributed by atoms with E-state index in [9.17, 15) is 0 Å². The van der Waals surface area contributed by atoms with Gasteiger partial charge in [-0.3, -0.25) is 0 Å². The molecule has 0 radical (unpaired) electrons. The Hall–Kier alpha value is 0.650. The van der Waals surface area contributed by atoms with Gasteiger partial charge >= 0.3 is 23.8 Å². The number of hydrogen-bond acceptors (Lipinski definition) is 2. The normalized spacial score (nSPS) is 2.75. The summed E-state index contributed by atoms with van der Waals surface area (Å²) in [4.78, 5) is 0. The van der Waals surface area contributed by atoms with Crippen LogP contribution in [0.4, 0.5) is 0 Å². The summed E-state index contributed by atoms with van der Waals surface area (Å²) in [5.74, 6) is 0. The molecule has 0 aromatic heterocycles. The molecule has 0 unspecified atom stereocenters. The van der Waals surface area contributed by atoms with E-state index in [0.29, 0.717) is 0 Å². The topological polar surface area (TPSA) is 23.8 Å². The molecule has 0 aromatic rings. The SMILES string of the molecule is Cl.N#P=S. The van der Waals surface area contributed by atoms with E-state index in [1.54, 1.807) is 0 Å². The van der Waals surface area contributed by atoms with Crippen molar-refractivity contribution in [1.29, 1.82) is 5.00 Å². The molecule has 1 nitrogen and oxygen atoms in total. The van der Waals surface area contributed by atoms with Gasteiger partial charge in [0.25, 0.3) is 0 Å². The first-order valence-corrected chi connectivity index (χ1v) is 2.24. The second kappa shape index (κ2) is 9.41. The van der Waals surface area contributed by atoms with Gasteiger partial charge in [-0.1, -0.05) is 0 Å². The molecule has 0 rings (SSSR count). The van der Waals surface area contributed by atoms with E-state index in [1.165, 1.54) is 0 Å². The maximum atomic E-state index is 7.36. The molecule has 0 atom stereocenters. The van der Waals surface area contributed by atoms with Crippen LogP contribution >= 0.6 is 19.4 Å². The van der Waals surface area contributed by atoms with Crippen LogP contribution in [0, 0.1) is 5.00 Å². The van der Waals surface area contributed by atoms with E-state index in [0.717, 1.165) is 0 Å². The molecular weight excluding hydrogens is 113 g/mol. The molecule has 0 spiro atoms. The second-order valence-corrected chi connectivity index (χ2v) is 0.735. The van der Waals surface area contributed by atoms with Crippen LogP contribution in [-0.2, 0) is 11.8 Å². The molecule has 0 heterocycles. The van der Waals surface area contributed by atoms with Gasteiger partial charge in [-0.25, -0.2) is 0 Å². The Kier molecular flexibility index (Phi) is 20.8. The standard InChI is InChI=1S/ClH.NPS/c;1-2-3/h1H;. The van der Waals surface area contributed by atoms with E-state index in [4.69, 9.17) is 5.00 Å². The van der Waals surface area contributed by atoms with Gasteiger partial charge in [-0.15, -0.1) is 12.4 Å². The van der Waals surface area contributed by atoms with Gasteiger partial charge in [0.2, 0.25) is 0 Å². The van der Waals surface area contributed by atoms with Crippen molar-refractivity contribution < 1.29 is 0 Å². The number of hydrogen-bond donors (Lipinski definition) is 0. The first kappa shape index (κ1) is 8.82. The van der Waals surface area contributed by atoms with Crippen molar-refractivity contribution in [3.8, 4) is 0 Å². The molecule has 0 amide bonds. The fraction of sp³-hybridized carbons (Fsp3) is 0. The van der Waals surface area contributed by atoms with E-state index in [-0.39, 0.29) is 19.4 Å². The Labute approximate surface area is 36.9 Å². The fourth-order valence-corrected chi connectivity index (χ4v) is 0. The Bertz CT molecular complexity index is 54.2. The molecule has 0 bridgehead atoms. The average molecular weight is 114 g/mol. The molecule has 0 saturated heterocycles. The van der Waals surface area contributed by atoms with Crippen LogP contribution in [-0.4, -0.2) is 0 Å². The van der Waals surface area contributed by atoms with Crippen molar-refractivity contribution in [2.45, 2.75) is 0 Å². The van der Waals surface area contributed by atoms with Crippen LogP contribution < -0.4 is 0 Å². The van der Waals surface area contributed by atoms with Crippen LogP contribution in [0.15, 0.2) is 0 Å². The zero-order valence-electron chi connectivity index (χ0n) is 1.71. The maximum absolute atomic E-state index is 7.36. The van der Waals surface area contributed by atoms with Crippen molar-refractivity contribution in [1.82, 2.24) is 0 Å². The first-order valence-electron chi connectivity index (χ1n) is 0.383. The third-order valence-corrected chi connectivity index (χ3v) is 0. The molecule has 0 N–H and O–H groups in total. The summed E-state index contributed by atoms with van der Waals surface area (Å²) in [6.45, 7) is 0. The average Bonchev–Trinajstić information content (AvgIpc) is 0.918. The summed E-state index contributed by atoms with van der Waals surface area (Å²) >= 11 is 3.92. The van der Waals surface area contributed by atoms with Crippen molar-refractivity contribution in [2.24, 2.45) is 0 Å². The predicted molar refractivity (Wildman–Crippen MR) is 23.3 cm³/mol.